The summed E-state index contributed by atoms with van der Waals surface area (Å²) in [5.41, 5.74) is 3.29. The van der Waals surface area contributed by atoms with Crippen molar-refractivity contribution in [2.75, 3.05) is 5.32 Å². The summed E-state index contributed by atoms with van der Waals surface area (Å²) >= 11 is 0. The molecule has 20 heavy (non-hydrogen) atoms. The van der Waals surface area contributed by atoms with E-state index in [0.29, 0.717) is 0 Å². The fourth-order valence-electron chi connectivity index (χ4n) is 2.13. The van der Waals surface area contributed by atoms with Gasteiger partial charge in [0.05, 0.1) is 11.0 Å². The van der Waals surface area contributed by atoms with Gasteiger partial charge in [0, 0.05) is 17.8 Å². The average Bonchev–Trinajstić information content (AvgIpc) is 2.46. The standard InChI is InChI=1S/C16H18N2O2/c1-3-16(17-14-9-7-12(2)8-10-14)13-5-4-6-15(11-13)18(19)20/h4-11,16-17H,3H2,1-2H3. The minimum Gasteiger partial charge on any atom is -0.378 e. The van der Waals surface area contributed by atoms with Crippen LogP contribution in [0, 0.1) is 17.0 Å². The number of non-ortho nitro benzene ring substituents is 1. The summed E-state index contributed by atoms with van der Waals surface area (Å²) in [5, 5.41) is 14.3. The first-order valence-corrected chi connectivity index (χ1v) is 6.67. The molecule has 0 amide bonds. The Morgan fingerprint density at radius 1 is 1.20 bits per heavy atom. The van der Waals surface area contributed by atoms with Crippen molar-refractivity contribution in [1.82, 2.24) is 0 Å². The minimum absolute atomic E-state index is 0.0672. The van der Waals surface area contributed by atoms with E-state index in [0.717, 1.165) is 17.7 Å². The smallest absolute Gasteiger partial charge is 0.269 e. The van der Waals surface area contributed by atoms with Gasteiger partial charge in [-0.1, -0.05) is 36.8 Å². The first-order valence-electron chi connectivity index (χ1n) is 6.67. The Balaban J connectivity index is 2.21. The third-order valence-corrected chi connectivity index (χ3v) is 3.28. The Labute approximate surface area is 118 Å². The lowest BCUT2D eigenvalue weighted by molar-refractivity contribution is -0.384. The zero-order valence-electron chi connectivity index (χ0n) is 11.7. The van der Waals surface area contributed by atoms with Gasteiger partial charge in [-0.2, -0.15) is 0 Å². The highest BCUT2D eigenvalue weighted by Gasteiger charge is 2.13. The molecule has 1 atom stereocenters. The number of hydrogen-bond donors (Lipinski definition) is 1. The van der Waals surface area contributed by atoms with Crippen molar-refractivity contribution in [2.24, 2.45) is 0 Å². The molecule has 0 heterocycles. The van der Waals surface area contributed by atoms with Gasteiger partial charge in [-0.15, -0.1) is 0 Å². The molecule has 1 unspecified atom stereocenters. The molecule has 2 aromatic carbocycles. The van der Waals surface area contributed by atoms with Crippen LogP contribution in [0.3, 0.4) is 0 Å². The van der Waals surface area contributed by atoms with Crippen LogP contribution in [0.1, 0.15) is 30.5 Å². The molecule has 4 heteroatoms. The van der Waals surface area contributed by atoms with Gasteiger partial charge in [-0.25, -0.2) is 0 Å². The highest BCUT2D eigenvalue weighted by Crippen LogP contribution is 2.25. The summed E-state index contributed by atoms with van der Waals surface area (Å²) in [4.78, 5) is 10.5. The van der Waals surface area contributed by atoms with Crippen LogP contribution >= 0.6 is 0 Å². The lowest BCUT2D eigenvalue weighted by Gasteiger charge is -2.18. The zero-order chi connectivity index (χ0) is 14.5. The van der Waals surface area contributed by atoms with Crippen LogP contribution in [0.4, 0.5) is 11.4 Å². The van der Waals surface area contributed by atoms with E-state index in [-0.39, 0.29) is 16.7 Å². The van der Waals surface area contributed by atoms with Crippen molar-refractivity contribution in [1.29, 1.82) is 0 Å². The Morgan fingerprint density at radius 2 is 1.90 bits per heavy atom. The van der Waals surface area contributed by atoms with E-state index in [1.54, 1.807) is 12.1 Å². The number of hydrogen-bond acceptors (Lipinski definition) is 3. The molecular weight excluding hydrogens is 252 g/mol. The second-order valence-electron chi connectivity index (χ2n) is 4.82. The van der Waals surface area contributed by atoms with Gasteiger partial charge in [0.15, 0.2) is 0 Å². The molecule has 0 aliphatic carbocycles. The van der Waals surface area contributed by atoms with Crippen LogP contribution in [-0.4, -0.2) is 4.92 Å². The number of benzene rings is 2. The van der Waals surface area contributed by atoms with Crippen molar-refractivity contribution in [2.45, 2.75) is 26.3 Å². The number of nitrogens with zero attached hydrogens (tertiary/aromatic N) is 1. The number of aryl methyl sites for hydroxylation is 1. The molecule has 2 rings (SSSR count). The maximum Gasteiger partial charge on any atom is 0.269 e. The number of anilines is 1. The van der Waals surface area contributed by atoms with Crippen molar-refractivity contribution < 1.29 is 4.92 Å². The number of nitrogens with one attached hydrogen (secondary N) is 1. The Morgan fingerprint density at radius 3 is 2.50 bits per heavy atom. The van der Waals surface area contributed by atoms with E-state index in [9.17, 15) is 10.1 Å². The topological polar surface area (TPSA) is 55.2 Å². The lowest BCUT2D eigenvalue weighted by Crippen LogP contribution is -2.09. The summed E-state index contributed by atoms with van der Waals surface area (Å²) in [5.74, 6) is 0. The van der Waals surface area contributed by atoms with Crippen LogP contribution in [0.5, 0.6) is 0 Å². The first-order chi connectivity index (χ1) is 9.60. The molecule has 0 aliphatic heterocycles. The van der Waals surface area contributed by atoms with E-state index in [1.807, 2.05) is 37.3 Å². The Hall–Kier alpha value is -2.36. The molecule has 1 N–H and O–H groups in total. The summed E-state index contributed by atoms with van der Waals surface area (Å²) < 4.78 is 0. The summed E-state index contributed by atoms with van der Waals surface area (Å²) in [6.45, 7) is 4.10. The Kier molecular flexibility index (Phi) is 4.35. The van der Waals surface area contributed by atoms with Gasteiger partial charge in [0.25, 0.3) is 5.69 Å². The molecule has 0 spiro atoms. The zero-order valence-corrected chi connectivity index (χ0v) is 11.7. The molecule has 0 radical (unpaired) electrons. The number of rotatable bonds is 5. The molecule has 4 nitrogen and oxygen atoms in total. The van der Waals surface area contributed by atoms with Crippen LogP contribution in [0.15, 0.2) is 48.5 Å². The van der Waals surface area contributed by atoms with Crippen LogP contribution in [-0.2, 0) is 0 Å². The van der Waals surface area contributed by atoms with E-state index >= 15 is 0 Å². The van der Waals surface area contributed by atoms with E-state index in [1.165, 1.54) is 11.6 Å². The fourth-order valence-corrected chi connectivity index (χ4v) is 2.13. The van der Waals surface area contributed by atoms with Crippen LogP contribution in [0.2, 0.25) is 0 Å². The van der Waals surface area contributed by atoms with Gasteiger partial charge in [0.1, 0.15) is 0 Å². The molecule has 0 bridgehead atoms. The fraction of sp³-hybridized carbons (Fsp3) is 0.250. The van der Waals surface area contributed by atoms with Gasteiger partial charge >= 0.3 is 0 Å². The molecule has 0 aromatic heterocycles. The SMILES string of the molecule is CCC(Nc1ccc(C)cc1)c1cccc([N+](=O)[O-])c1. The van der Waals surface area contributed by atoms with Crippen molar-refractivity contribution >= 4 is 11.4 Å². The van der Waals surface area contributed by atoms with Gasteiger partial charge in [-0.05, 0) is 31.0 Å². The normalized spacial score (nSPS) is 11.9. The maximum atomic E-state index is 10.8. The van der Waals surface area contributed by atoms with Crippen molar-refractivity contribution in [3.8, 4) is 0 Å². The van der Waals surface area contributed by atoms with Crippen LogP contribution < -0.4 is 5.32 Å². The maximum absolute atomic E-state index is 10.8. The molecule has 0 fully saturated rings. The quantitative estimate of drug-likeness (QED) is 0.644. The number of nitro groups is 1. The second kappa shape index (κ2) is 6.19. The molecular formula is C16H18N2O2. The van der Waals surface area contributed by atoms with Crippen molar-refractivity contribution in [3.05, 3.63) is 69.8 Å². The highest BCUT2D eigenvalue weighted by atomic mass is 16.6. The highest BCUT2D eigenvalue weighted by molar-refractivity contribution is 5.47. The predicted molar refractivity (Wildman–Crippen MR) is 80.9 cm³/mol. The third kappa shape index (κ3) is 3.35. The van der Waals surface area contributed by atoms with Crippen LogP contribution in [0.25, 0.3) is 0 Å². The lowest BCUT2D eigenvalue weighted by atomic mass is 10.0. The summed E-state index contributed by atoms with van der Waals surface area (Å²) in [7, 11) is 0. The van der Waals surface area contributed by atoms with Crippen molar-refractivity contribution in [3.63, 3.8) is 0 Å². The summed E-state index contributed by atoms with van der Waals surface area (Å²) in [6, 6.07) is 15.0. The monoisotopic (exact) mass is 270 g/mol. The largest absolute Gasteiger partial charge is 0.378 e. The molecule has 0 saturated carbocycles. The van der Waals surface area contributed by atoms with Gasteiger partial charge in [-0.3, -0.25) is 10.1 Å². The van der Waals surface area contributed by atoms with Gasteiger partial charge < -0.3 is 5.32 Å². The molecule has 104 valence electrons. The minimum atomic E-state index is -0.359. The third-order valence-electron chi connectivity index (χ3n) is 3.28. The second-order valence-corrected chi connectivity index (χ2v) is 4.82. The molecule has 0 saturated heterocycles. The van der Waals surface area contributed by atoms with E-state index in [2.05, 4.69) is 12.2 Å². The number of nitro benzene ring substituents is 1. The molecule has 0 aliphatic rings. The average molecular weight is 270 g/mol. The molecule has 2 aromatic rings. The Bertz CT molecular complexity index is 594. The predicted octanol–water partition coefficient (Wildman–Crippen LogP) is 4.47. The summed E-state index contributed by atoms with van der Waals surface area (Å²) in [6.07, 6.45) is 0.856. The van der Waals surface area contributed by atoms with Gasteiger partial charge in [0.2, 0.25) is 0 Å². The first kappa shape index (κ1) is 14.1. The van der Waals surface area contributed by atoms with E-state index < -0.39 is 0 Å². The van der Waals surface area contributed by atoms with E-state index in [4.69, 9.17) is 0 Å².